The number of benzene rings is 2. The molecule has 27 heavy (non-hydrogen) atoms. The van der Waals surface area contributed by atoms with Gasteiger partial charge in [0.15, 0.2) is 0 Å². The van der Waals surface area contributed by atoms with Gasteiger partial charge < -0.3 is 32.4 Å². The zero-order valence-corrected chi connectivity index (χ0v) is 15.1. The molecule has 0 saturated carbocycles. The topological polar surface area (TPSA) is 170 Å². The van der Waals surface area contributed by atoms with Crippen molar-refractivity contribution in [3.8, 4) is 11.5 Å². The third-order valence-corrected chi connectivity index (χ3v) is 3.95. The van der Waals surface area contributed by atoms with E-state index in [4.69, 9.17) is 43.2 Å². The van der Waals surface area contributed by atoms with Crippen molar-refractivity contribution >= 4 is 23.0 Å². The highest BCUT2D eigenvalue weighted by molar-refractivity contribution is 5.96. The van der Waals surface area contributed by atoms with Gasteiger partial charge in [-0.05, 0) is 55.7 Å². The summed E-state index contributed by atoms with van der Waals surface area (Å²) in [6.45, 7) is 1.08. The monoisotopic (exact) mass is 370 g/mol. The van der Waals surface area contributed by atoms with Crippen LogP contribution in [-0.2, 0) is 0 Å². The lowest BCUT2D eigenvalue weighted by molar-refractivity contribution is 0.281. The van der Waals surface area contributed by atoms with E-state index in [-0.39, 0.29) is 11.7 Å². The van der Waals surface area contributed by atoms with E-state index in [0.29, 0.717) is 47.2 Å². The van der Waals surface area contributed by atoms with Crippen molar-refractivity contribution in [2.45, 2.75) is 19.3 Å². The molecule has 2 aromatic carbocycles. The lowest BCUT2D eigenvalue weighted by atomic mass is 10.1. The molecule has 0 aliphatic carbocycles. The van der Waals surface area contributed by atoms with Gasteiger partial charge in [-0.2, -0.15) is 0 Å². The fourth-order valence-corrected chi connectivity index (χ4v) is 2.44. The molecule has 0 aliphatic rings. The molecule has 0 amide bonds. The SMILES string of the molecule is N=C(N)c1ccc(OCCCCCOc2ccc(C(=N)N)cc2N)c(N)c1. The standard InChI is InChI=1S/C19H26N6O2/c20-14-10-12(18(22)23)4-6-16(14)26-8-2-1-3-9-27-17-7-5-13(19(24)25)11-15(17)21/h4-7,10-11H,1-3,8-9,20-21H2,(H3,22,23)(H3,24,25). The molecule has 0 fully saturated rings. The van der Waals surface area contributed by atoms with E-state index in [1.807, 2.05) is 0 Å². The Hall–Kier alpha value is -3.42. The molecule has 144 valence electrons. The van der Waals surface area contributed by atoms with Gasteiger partial charge in [0.2, 0.25) is 0 Å². The maximum absolute atomic E-state index is 7.39. The maximum atomic E-state index is 7.39. The molecule has 8 heteroatoms. The number of amidine groups is 2. The van der Waals surface area contributed by atoms with Crippen molar-refractivity contribution in [3.05, 3.63) is 47.5 Å². The second-order valence-corrected chi connectivity index (χ2v) is 6.09. The Morgan fingerprint density at radius 1 is 0.704 bits per heavy atom. The van der Waals surface area contributed by atoms with Crippen LogP contribution in [0.4, 0.5) is 11.4 Å². The summed E-state index contributed by atoms with van der Waals surface area (Å²) in [4.78, 5) is 0. The second kappa shape index (κ2) is 9.33. The van der Waals surface area contributed by atoms with E-state index < -0.39 is 0 Å². The van der Waals surface area contributed by atoms with Crippen molar-refractivity contribution in [3.63, 3.8) is 0 Å². The highest BCUT2D eigenvalue weighted by atomic mass is 16.5. The fraction of sp³-hybridized carbons (Fsp3) is 0.263. The van der Waals surface area contributed by atoms with Gasteiger partial charge in [-0.15, -0.1) is 0 Å². The van der Waals surface area contributed by atoms with Gasteiger partial charge >= 0.3 is 0 Å². The van der Waals surface area contributed by atoms with E-state index in [1.54, 1.807) is 36.4 Å². The van der Waals surface area contributed by atoms with Gasteiger partial charge in [0.05, 0.1) is 24.6 Å². The first-order valence-corrected chi connectivity index (χ1v) is 8.62. The molecule has 0 heterocycles. The molecular formula is C19H26N6O2. The van der Waals surface area contributed by atoms with Crippen LogP contribution in [0.3, 0.4) is 0 Å². The molecule has 2 rings (SSSR count). The average molecular weight is 370 g/mol. The van der Waals surface area contributed by atoms with E-state index in [9.17, 15) is 0 Å². The van der Waals surface area contributed by atoms with Crippen LogP contribution in [0.5, 0.6) is 11.5 Å². The summed E-state index contributed by atoms with van der Waals surface area (Å²) in [5.74, 6) is 1.14. The summed E-state index contributed by atoms with van der Waals surface area (Å²) in [7, 11) is 0. The molecular weight excluding hydrogens is 344 g/mol. The molecule has 0 radical (unpaired) electrons. The average Bonchev–Trinajstić information content (AvgIpc) is 2.62. The number of hydrogen-bond donors (Lipinski definition) is 6. The Morgan fingerprint density at radius 3 is 1.44 bits per heavy atom. The van der Waals surface area contributed by atoms with Crippen molar-refractivity contribution in [1.29, 1.82) is 10.8 Å². The lowest BCUT2D eigenvalue weighted by Crippen LogP contribution is -2.12. The Kier molecular flexibility index (Phi) is 6.87. The predicted octanol–water partition coefficient (Wildman–Crippen LogP) is 2.05. The van der Waals surface area contributed by atoms with Gasteiger partial charge in [0, 0.05) is 11.1 Å². The summed E-state index contributed by atoms with van der Waals surface area (Å²) < 4.78 is 11.3. The third kappa shape index (κ3) is 5.81. The highest BCUT2D eigenvalue weighted by Gasteiger charge is 2.05. The molecule has 0 unspecified atom stereocenters. The van der Waals surface area contributed by atoms with Gasteiger partial charge in [0.25, 0.3) is 0 Å². The maximum Gasteiger partial charge on any atom is 0.142 e. The molecule has 0 bridgehead atoms. The van der Waals surface area contributed by atoms with Crippen LogP contribution in [0.15, 0.2) is 36.4 Å². The number of nitrogens with one attached hydrogen (secondary N) is 2. The Labute approximate surface area is 158 Å². The quantitative estimate of drug-likeness (QED) is 0.162. The molecule has 2 aromatic rings. The van der Waals surface area contributed by atoms with Gasteiger partial charge in [-0.3, -0.25) is 10.8 Å². The first kappa shape index (κ1) is 19.9. The molecule has 0 aromatic heterocycles. The van der Waals surface area contributed by atoms with Crippen molar-refractivity contribution < 1.29 is 9.47 Å². The Balaban J connectivity index is 1.67. The van der Waals surface area contributed by atoms with Gasteiger partial charge in [-0.1, -0.05) is 0 Å². The summed E-state index contributed by atoms with van der Waals surface area (Å²) in [6, 6.07) is 10.1. The summed E-state index contributed by atoms with van der Waals surface area (Å²) in [6.07, 6.45) is 2.64. The van der Waals surface area contributed by atoms with E-state index in [1.165, 1.54) is 0 Å². The van der Waals surface area contributed by atoms with Crippen LogP contribution in [0, 0.1) is 10.8 Å². The fourth-order valence-electron chi connectivity index (χ4n) is 2.44. The van der Waals surface area contributed by atoms with Crippen molar-refractivity contribution in [2.75, 3.05) is 24.7 Å². The lowest BCUT2D eigenvalue weighted by Gasteiger charge is -2.11. The Morgan fingerprint density at radius 2 is 1.11 bits per heavy atom. The van der Waals surface area contributed by atoms with Gasteiger partial charge in [0.1, 0.15) is 23.2 Å². The smallest absolute Gasteiger partial charge is 0.142 e. The molecule has 8 nitrogen and oxygen atoms in total. The van der Waals surface area contributed by atoms with Crippen molar-refractivity contribution in [1.82, 2.24) is 0 Å². The largest absolute Gasteiger partial charge is 0.491 e. The van der Waals surface area contributed by atoms with Crippen LogP contribution in [0.1, 0.15) is 30.4 Å². The predicted molar refractivity (Wildman–Crippen MR) is 109 cm³/mol. The van der Waals surface area contributed by atoms with Crippen LogP contribution in [-0.4, -0.2) is 24.9 Å². The normalized spacial score (nSPS) is 10.4. The van der Waals surface area contributed by atoms with Crippen LogP contribution >= 0.6 is 0 Å². The Bertz CT molecular complexity index is 754. The van der Waals surface area contributed by atoms with E-state index in [0.717, 1.165) is 19.3 Å². The summed E-state index contributed by atoms with van der Waals surface area (Å²) in [5.41, 5.74) is 24.7. The molecule has 0 saturated heterocycles. The molecule has 0 spiro atoms. The molecule has 0 atom stereocenters. The van der Waals surface area contributed by atoms with Crippen molar-refractivity contribution in [2.24, 2.45) is 11.5 Å². The summed E-state index contributed by atoms with van der Waals surface area (Å²) >= 11 is 0. The minimum Gasteiger partial charge on any atom is -0.491 e. The number of unbranched alkanes of at least 4 members (excludes halogenated alkanes) is 2. The highest BCUT2D eigenvalue weighted by Crippen LogP contribution is 2.24. The number of anilines is 2. The van der Waals surface area contributed by atoms with Crippen LogP contribution in [0.25, 0.3) is 0 Å². The van der Waals surface area contributed by atoms with Crippen LogP contribution in [0.2, 0.25) is 0 Å². The third-order valence-electron chi connectivity index (χ3n) is 3.95. The number of hydrogen-bond acceptors (Lipinski definition) is 6. The van der Waals surface area contributed by atoms with E-state index in [2.05, 4.69) is 0 Å². The summed E-state index contributed by atoms with van der Waals surface area (Å²) in [5, 5.41) is 14.8. The number of nitrogen functional groups attached to an aromatic ring is 4. The zero-order valence-electron chi connectivity index (χ0n) is 15.1. The van der Waals surface area contributed by atoms with Gasteiger partial charge in [-0.25, -0.2) is 0 Å². The minimum atomic E-state index is -0.0233. The van der Waals surface area contributed by atoms with E-state index >= 15 is 0 Å². The number of rotatable bonds is 10. The first-order chi connectivity index (χ1) is 12.9. The second-order valence-electron chi connectivity index (χ2n) is 6.09. The number of nitrogens with two attached hydrogens (primary N) is 4. The first-order valence-electron chi connectivity index (χ1n) is 8.62. The number of ether oxygens (including phenoxy) is 2. The minimum absolute atomic E-state index is 0.0233. The van der Waals surface area contributed by atoms with Crippen LogP contribution < -0.4 is 32.4 Å². The molecule has 0 aliphatic heterocycles. The zero-order chi connectivity index (χ0) is 19.8. The molecule has 10 N–H and O–H groups in total.